The van der Waals surface area contributed by atoms with E-state index in [9.17, 15) is 4.39 Å². The maximum absolute atomic E-state index is 13.3. The molecule has 5 aromatic rings. The lowest BCUT2D eigenvalue weighted by atomic mass is 10.1. The van der Waals surface area contributed by atoms with E-state index < -0.39 is 0 Å². The second kappa shape index (κ2) is 9.11. The second-order valence-electron chi connectivity index (χ2n) is 6.90. The molecule has 5 rings (SSSR count). The highest BCUT2D eigenvalue weighted by atomic mass is 32.1. The van der Waals surface area contributed by atoms with Crippen LogP contribution in [0.1, 0.15) is 6.42 Å². The number of ether oxygens (including phenoxy) is 2. The van der Waals surface area contributed by atoms with E-state index in [-0.39, 0.29) is 5.82 Å². The first kappa shape index (κ1) is 20.1. The molecule has 32 heavy (non-hydrogen) atoms. The van der Waals surface area contributed by atoms with Crippen molar-refractivity contribution >= 4 is 21.6 Å². The lowest BCUT2D eigenvalue weighted by Crippen LogP contribution is -2.06. The molecule has 0 aliphatic heterocycles. The van der Waals surface area contributed by atoms with Crippen LogP contribution < -0.4 is 9.47 Å². The van der Waals surface area contributed by atoms with Gasteiger partial charge in [0.15, 0.2) is 0 Å². The minimum absolute atomic E-state index is 0.269. The van der Waals surface area contributed by atoms with Crippen LogP contribution in [0.5, 0.6) is 11.6 Å². The molecule has 0 saturated carbocycles. The molecule has 0 bridgehead atoms. The predicted octanol–water partition coefficient (Wildman–Crippen LogP) is 4.93. The standard InChI is InChI=1S/C23H18FN5O2S/c24-17-4-2-16(3-5-17)20-12-32-23-21(20)22(26-14-27-23)31-11-1-10-30-19-8-6-18(7-9-19)29-15-25-13-28-29/h2-9,12-15H,1,10-11H2. The Morgan fingerprint density at radius 2 is 1.72 bits per heavy atom. The van der Waals surface area contributed by atoms with Crippen molar-refractivity contribution in [2.75, 3.05) is 13.2 Å². The van der Waals surface area contributed by atoms with Crippen LogP contribution in [0, 0.1) is 5.82 Å². The summed E-state index contributed by atoms with van der Waals surface area (Å²) < 4.78 is 26.7. The zero-order valence-corrected chi connectivity index (χ0v) is 17.7. The quantitative estimate of drug-likeness (QED) is 0.314. The van der Waals surface area contributed by atoms with Gasteiger partial charge in [-0.3, -0.25) is 0 Å². The van der Waals surface area contributed by atoms with Crippen LogP contribution in [-0.4, -0.2) is 37.9 Å². The SMILES string of the molecule is Fc1ccc(-c2csc3ncnc(OCCCOc4ccc(-n5cncn5)cc4)c23)cc1. The minimum Gasteiger partial charge on any atom is -0.493 e. The first-order valence-electron chi connectivity index (χ1n) is 9.97. The fourth-order valence-corrected chi connectivity index (χ4v) is 4.16. The average molecular weight is 447 g/mol. The highest BCUT2D eigenvalue weighted by molar-refractivity contribution is 7.17. The topological polar surface area (TPSA) is 75.0 Å². The lowest BCUT2D eigenvalue weighted by molar-refractivity contribution is 0.244. The normalized spacial score (nSPS) is 11.0. The van der Waals surface area contributed by atoms with Gasteiger partial charge in [-0.2, -0.15) is 5.10 Å². The predicted molar refractivity (Wildman–Crippen MR) is 120 cm³/mol. The van der Waals surface area contributed by atoms with Crippen LogP contribution in [0.4, 0.5) is 4.39 Å². The summed E-state index contributed by atoms with van der Waals surface area (Å²) in [5, 5.41) is 6.93. The molecule has 0 spiro atoms. The molecule has 0 radical (unpaired) electrons. The van der Waals surface area contributed by atoms with Crippen molar-refractivity contribution in [1.82, 2.24) is 24.7 Å². The Kier molecular flexibility index (Phi) is 5.71. The van der Waals surface area contributed by atoms with Crippen LogP contribution in [0.25, 0.3) is 27.0 Å². The molecule has 3 heterocycles. The second-order valence-corrected chi connectivity index (χ2v) is 7.76. The zero-order valence-electron chi connectivity index (χ0n) is 16.9. The summed E-state index contributed by atoms with van der Waals surface area (Å²) in [5.41, 5.74) is 2.75. The third kappa shape index (κ3) is 4.28. The van der Waals surface area contributed by atoms with Gasteiger partial charge in [0.1, 0.15) is 35.4 Å². The summed E-state index contributed by atoms with van der Waals surface area (Å²) in [6.07, 6.45) is 5.32. The molecule has 0 unspecified atom stereocenters. The number of halogens is 1. The van der Waals surface area contributed by atoms with Crippen molar-refractivity contribution in [2.45, 2.75) is 6.42 Å². The van der Waals surface area contributed by atoms with E-state index in [1.807, 2.05) is 29.6 Å². The smallest absolute Gasteiger partial charge is 0.225 e. The highest BCUT2D eigenvalue weighted by Gasteiger charge is 2.14. The molecule has 0 amide bonds. The summed E-state index contributed by atoms with van der Waals surface area (Å²) in [7, 11) is 0. The summed E-state index contributed by atoms with van der Waals surface area (Å²) in [5.74, 6) is 1.02. The summed E-state index contributed by atoms with van der Waals surface area (Å²) in [4.78, 5) is 13.4. The van der Waals surface area contributed by atoms with E-state index in [4.69, 9.17) is 9.47 Å². The van der Waals surface area contributed by atoms with Crippen molar-refractivity contribution in [3.05, 3.63) is 78.7 Å². The molecule has 160 valence electrons. The first-order chi connectivity index (χ1) is 15.8. The molecule has 3 aromatic heterocycles. The van der Waals surface area contributed by atoms with E-state index >= 15 is 0 Å². The van der Waals surface area contributed by atoms with Crippen molar-refractivity contribution in [1.29, 1.82) is 0 Å². The molecule has 0 N–H and O–H groups in total. The fourth-order valence-electron chi connectivity index (χ4n) is 3.25. The van der Waals surface area contributed by atoms with E-state index in [0.29, 0.717) is 25.5 Å². The van der Waals surface area contributed by atoms with Crippen molar-refractivity contribution < 1.29 is 13.9 Å². The number of fused-ring (bicyclic) bond motifs is 1. The Hall–Kier alpha value is -3.85. The first-order valence-corrected chi connectivity index (χ1v) is 10.8. The van der Waals surface area contributed by atoms with Crippen LogP contribution >= 0.6 is 11.3 Å². The van der Waals surface area contributed by atoms with E-state index in [1.54, 1.807) is 23.1 Å². The van der Waals surface area contributed by atoms with Crippen molar-refractivity contribution in [3.63, 3.8) is 0 Å². The third-order valence-electron chi connectivity index (χ3n) is 4.81. The number of aromatic nitrogens is 5. The van der Waals surface area contributed by atoms with Crippen LogP contribution in [0.3, 0.4) is 0 Å². The van der Waals surface area contributed by atoms with Gasteiger partial charge in [0.05, 0.1) is 24.3 Å². The van der Waals surface area contributed by atoms with E-state index in [1.165, 1.54) is 36.1 Å². The van der Waals surface area contributed by atoms with Crippen molar-refractivity contribution in [3.8, 4) is 28.4 Å². The molecule has 2 aromatic carbocycles. The fraction of sp³-hybridized carbons (Fsp3) is 0.130. The molecule has 0 saturated heterocycles. The third-order valence-corrected chi connectivity index (χ3v) is 5.69. The van der Waals surface area contributed by atoms with Gasteiger partial charge >= 0.3 is 0 Å². The molecule has 0 atom stereocenters. The van der Waals surface area contributed by atoms with Gasteiger partial charge in [-0.25, -0.2) is 24.0 Å². The highest BCUT2D eigenvalue weighted by Crippen LogP contribution is 2.37. The van der Waals surface area contributed by atoms with Gasteiger partial charge in [-0.1, -0.05) is 12.1 Å². The van der Waals surface area contributed by atoms with Gasteiger partial charge in [-0.15, -0.1) is 11.3 Å². The number of nitrogens with zero attached hydrogens (tertiary/aromatic N) is 5. The van der Waals surface area contributed by atoms with Gasteiger partial charge in [0.25, 0.3) is 0 Å². The summed E-state index contributed by atoms with van der Waals surface area (Å²) in [6.45, 7) is 0.952. The van der Waals surface area contributed by atoms with Crippen LogP contribution in [0.2, 0.25) is 0 Å². The largest absolute Gasteiger partial charge is 0.493 e. The minimum atomic E-state index is -0.269. The number of hydrogen-bond acceptors (Lipinski definition) is 7. The lowest BCUT2D eigenvalue weighted by Gasteiger charge is -2.09. The van der Waals surface area contributed by atoms with Crippen molar-refractivity contribution in [2.24, 2.45) is 0 Å². The summed E-state index contributed by atoms with van der Waals surface area (Å²) >= 11 is 1.51. The Labute approximate surface area is 187 Å². The molecule has 0 fully saturated rings. The monoisotopic (exact) mass is 447 g/mol. The van der Waals surface area contributed by atoms with Gasteiger partial charge in [0, 0.05) is 17.4 Å². The number of rotatable bonds is 8. The maximum atomic E-state index is 13.3. The van der Waals surface area contributed by atoms with Crippen LogP contribution in [-0.2, 0) is 0 Å². The Morgan fingerprint density at radius 1 is 0.906 bits per heavy atom. The van der Waals surface area contributed by atoms with Gasteiger partial charge in [-0.05, 0) is 42.0 Å². The number of thiophene rings is 1. The molecule has 7 nitrogen and oxygen atoms in total. The molecular weight excluding hydrogens is 429 g/mol. The Morgan fingerprint density at radius 3 is 2.50 bits per heavy atom. The van der Waals surface area contributed by atoms with E-state index in [2.05, 4.69) is 20.1 Å². The number of benzene rings is 2. The molecule has 0 aliphatic rings. The Bertz CT molecular complexity index is 1310. The molecule has 0 aliphatic carbocycles. The van der Waals surface area contributed by atoms with Gasteiger partial charge < -0.3 is 9.47 Å². The number of hydrogen-bond donors (Lipinski definition) is 0. The average Bonchev–Trinajstić information content (AvgIpc) is 3.51. The van der Waals surface area contributed by atoms with E-state index in [0.717, 1.165) is 32.8 Å². The Balaban J connectivity index is 1.20. The summed E-state index contributed by atoms with van der Waals surface area (Å²) in [6, 6.07) is 14.0. The maximum Gasteiger partial charge on any atom is 0.225 e. The van der Waals surface area contributed by atoms with Gasteiger partial charge in [0.2, 0.25) is 5.88 Å². The molecule has 9 heteroatoms. The zero-order chi connectivity index (χ0) is 21.8. The van der Waals surface area contributed by atoms with Crippen LogP contribution in [0.15, 0.2) is 72.9 Å². The molecular formula is C23H18FN5O2S.